The van der Waals surface area contributed by atoms with E-state index in [1.54, 1.807) is 11.9 Å². The number of hydrogen-bond donors (Lipinski definition) is 3. The summed E-state index contributed by atoms with van der Waals surface area (Å²) in [6, 6.07) is 17.9. The fourth-order valence-corrected chi connectivity index (χ4v) is 6.46. The number of likely N-dealkylation sites (N-methyl/N-ethyl adjacent to an activating group) is 1. The Hall–Kier alpha value is -3.67. The Morgan fingerprint density at radius 2 is 1.74 bits per heavy atom. The molecule has 42 heavy (non-hydrogen) atoms. The number of ether oxygens (including phenoxy) is 1. The molecular formula is C31H38N6O4S. The van der Waals surface area contributed by atoms with Gasteiger partial charge in [0, 0.05) is 30.1 Å². The molecular weight excluding hydrogens is 552 g/mol. The lowest BCUT2D eigenvalue weighted by atomic mass is 9.83. The number of likely N-dealkylation sites (tertiary alicyclic amines) is 1. The van der Waals surface area contributed by atoms with Gasteiger partial charge >= 0.3 is 0 Å². The van der Waals surface area contributed by atoms with Crippen LogP contribution in [0.5, 0.6) is 0 Å². The van der Waals surface area contributed by atoms with Crippen molar-refractivity contribution in [3.63, 3.8) is 0 Å². The molecule has 3 N–H and O–H groups in total. The van der Waals surface area contributed by atoms with Gasteiger partial charge in [-0.3, -0.25) is 14.4 Å². The van der Waals surface area contributed by atoms with Gasteiger partial charge in [-0.05, 0) is 31.4 Å². The third-order valence-corrected chi connectivity index (χ3v) is 8.63. The van der Waals surface area contributed by atoms with Gasteiger partial charge in [0.25, 0.3) is 0 Å². The number of amides is 3. The molecule has 0 spiro atoms. The molecule has 2 heterocycles. The standard InChI is InChI=1S/C31H38N6O4S/c1-32-18-26(38)33-28(23-15-9-4-10-16-23)31(40)37-19-24(41-20-21-11-5-2-6-12-21)17-25(37)29(39)34-30-27(35-36-42-30)22-13-7-3-8-14-22/h2-3,5-8,11-14,23-25,28,32H,4,9-10,15-20H2,1H3,(H,33,38)(H,34,39)/t24-,25?,28?/m1/s1. The van der Waals surface area contributed by atoms with Gasteiger partial charge in [0.15, 0.2) is 0 Å². The summed E-state index contributed by atoms with van der Waals surface area (Å²) in [6.07, 6.45) is 4.90. The third-order valence-electron chi connectivity index (χ3n) is 7.99. The number of benzene rings is 2. The van der Waals surface area contributed by atoms with Crippen LogP contribution in [0.4, 0.5) is 5.00 Å². The number of nitrogens with one attached hydrogen (secondary N) is 3. The van der Waals surface area contributed by atoms with E-state index in [1.165, 1.54) is 0 Å². The number of carbonyl (C=O) groups excluding carboxylic acids is 3. The molecule has 1 saturated carbocycles. The highest BCUT2D eigenvalue weighted by Gasteiger charge is 2.44. The second-order valence-electron chi connectivity index (χ2n) is 10.9. The summed E-state index contributed by atoms with van der Waals surface area (Å²) in [4.78, 5) is 42.4. The van der Waals surface area contributed by atoms with Gasteiger partial charge in [-0.2, -0.15) is 0 Å². The molecule has 3 atom stereocenters. The molecule has 11 heteroatoms. The zero-order valence-electron chi connectivity index (χ0n) is 23.8. The summed E-state index contributed by atoms with van der Waals surface area (Å²) < 4.78 is 10.3. The molecule has 2 aliphatic rings. The van der Waals surface area contributed by atoms with Crippen molar-refractivity contribution in [1.29, 1.82) is 0 Å². The highest BCUT2D eigenvalue weighted by molar-refractivity contribution is 7.10. The Morgan fingerprint density at radius 1 is 1.02 bits per heavy atom. The SMILES string of the molecule is CNCC(=O)NC(C(=O)N1C[C@H](OCc2ccccc2)CC1C(=O)Nc1snnc1-c1ccccc1)C1CCCCC1. The quantitative estimate of drug-likeness (QED) is 0.312. The maximum atomic E-state index is 14.2. The third kappa shape index (κ3) is 7.39. The number of hydrogen-bond acceptors (Lipinski definition) is 8. The average Bonchev–Trinajstić information content (AvgIpc) is 3.67. The van der Waals surface area contributed by atoms with Crippen molar-refractivity contribution in [2.24, 2.45) is 5.92 Å². The second kappa shape index (κ2) is 14.5. The van der Waals surface area contributed by atoms with Crippen molar-refractivity contribution in [2.45, 2.75) is 63.3 Å². The number of carbonyl (C=O) groups is 3. The molecule has 2 fully saturated rings. The van der Waals surface area contributed by atoms with E-state index in [1.807, 2.05) is 60.7 Å². The molecule has 222 valence electrons. The molecule has 0 radical (unpaired) electrons. The normalized spacial score (nSPS) is 19.8. The maximum absolute atomic E-state index is 14.2. The van der Waals surface area contributed by atoms with Crippen LogP contribution in [-0.4, -0.2) is 70.5 Å². The van der Waals surface area contributed by atoms with E-state index in [0.717, 1.165) is 54.8 Å². The Kier molecular flexibility index (Phi) is 10.3. The first-order valence-electron chi connectivity index (χ1n) is 14.6. The topological polar surface area (TPSA) is 126 Å². The number of aromatic nitrogens is 2. The lowest BCUT2D eigenvalue weighted by Crippen LogP contribution is -2.56. The molecule has 1 aliphatic heterocycles. The zero-order valence-corrected chi connectivity index (χ0v) is 24.6. The summed E-state index contributed by atoms with van der Waals surface area (Å²) in [7, 11) is 1.70. The second-order valence-corrected chi connectivity index (χ2v) is 11.7. The van der Waals surface area contributed by atoms with Crippen LogP contribution in [-0.2, 0) is 25.7 Å². The fraction of sp³-hybridized carbons (Fsp3) is 0.452. The van der Waals surface area contributed by atoms with Gasteiger partial charge in [0.1, 0.15) is 22.8 Å². The molecule has 3 amide bonds. The van der Waals surface area contributed by atoms with Gasteiger partial charge in [0.2, 0.25) is 17.7 Å². The first-order chi connectivity index (χ1) is 20.5. The van der Waals surface area contributed by atoms with E-state index in [-0.39, 0.29) is 42.8 Å². The van der Waals surface area contributed by atoms with Crippen LogP contribution in [0.2, 0.25) is 0 Å². The molecule has 0 bridgehead atoms. The van der Waals surface area contributed by atoms with E-state index < -0.39 is 12.1 Å². The number of nitrogens with zero attached hydrogens (tertiary/aromatic N) is 3. The van der Waals surface area contributed by atoms with Crippen molar-refractivity contribution < 1.29 is 19.1 Å². The summed E-state index contributed by atoms with van der Waals surface area (Å²) in [6.45, 7) is 0.759. The largest absolute Gasteiger partial charge is 0.372 e. The Labute approximate surface area is 250 Å². The molecule has 5 rings (SSSR count). The van der Waals surface area contributed by atoms with Crippen LogP contribution in [0.15, 0.2) is 60.7 Å². The van der Waals surface area contributed by atoms with Gasteiger partial charge in [-0.1, -0.05) is 84.4 Å². The minimum absolute atomic E-state index is 0.0235. The first kappa shape index (κ1) is 29.8. The molecule has 2 unspecified atom stereocenters. The lowest BCUT2D eigenvalue weighted by Gasteiger charge is -2.34. The van der Waals surface area contributed by atoms with Gasteiger partial charge in [-0.25, -0.2) is 0 Å². The van der Waals surface area contributed by atoms with Crippen molar-refractivity contribution >= 4 is 34.3 Å². The minimum Gasteiger partial charge on any atom is -0.372 e. The fourth-order valence-electron chi connectivity index (χ4n) is 5.86. The highest BCUT2D eigenvalue weighted by atomic mass is 32.1. The van der Waals surface area contributed by atoms with E-state index in [9.17, 15) is 14.4 Å². The zero-order chi connectivity index (χ0) is 29.3. The van der Waals surface area contributed by atoms with Crippen molar-refractivity contribution in [1.82, 2.24) is 25.1 Å². The van der Waals surface area contributed by atoms with E-state index >= 15 is 0 Å². The van der Waals surface area contributed by atoms with Gasteiger partial charge in [-0.15, -0.1) is 5.10 Å². The first-order valence-corrected chi connectivity index (χ1v) is 15.4. The van der Waals surface area contributed by atoms with Crippen LogP contribution in [0.1, 0.15) is 44.1 Å². The van der Waals surface area contributed by atoms with Crippen molar-refractivity contribution in [3.05, 3.63) is 66.2 Å². The molecule has 1 saturated heterocycles. The van der Waals surface area contributed by atoms with Crippen LogP contribution < -0.4 is 16.0 Å². The Morgan fingerprint density at radius 3 is 2.45 bits per heavy atom. The van der Waals surface area contributed by atoms with Gasteiger partial charge < -0.3 is 25.6 Å². The Balaban J connectivity index is 1.37. The molecule has 10 nitrogen and oxygen atoms in total. The molecule has 1 aliphatic carbocycles. The van der Waals surface area contributed by atoms with Crippen LogP contribution >= 0.6 is 11.5 Å². The maximum Gasteiger partial charge on any atom is 0.247 e. The highest BCUT2D eigenvalue weighted by Crippen LogP contribution is 2.32. The van der Waals surface area contributed by atoms with Crippen LogP contribution in [0.25, 0.3) is 11.3 Å². The smallest absolute Gasteiger partial charge is 0.247 e. The number of rotatable bonds is 11. The molecule has 3 aromatic rings. The van der Waals surface area contributed by atoms with E-state index in [2.05, 4.69) is 25.5 Å². The van der Waals surface area contributed by atoms with E-state index in [4.69, 9.17) is 4.74 Å². The predicted molar refractivity (Wildman–Crippen MR) is 162 cm³/mol. The Bertz CT molecular complexity index is 1330. The van der Waals surface area contributed by atoms with Crippen molar-refractivity contribution in [3.8, 4) is 11.3 Å². The lowest BCUT2D eigenvalue weighted by molar-refractivity contribution is -0.142. The minimum atomic E-state index is -0.767. The predicted octanol–water partition coefficient (Wildman–Crippen LogP) is 3.61. The van der Waals surface area contributed by atoms with Crippen molar-refractivity contribution in [2.75, 3.05) is 25.5 Å². The van der Waals surface area contributed by atoms with E-state index in [0.29, 0.717) is 23.7 Å². The molecule has 1 aromatic heterocycles. The number of anilines is 1. The summed E-state index contributed by atoms with van der Waals surface area (Å²) in [5.74, 6) is -0.762. The monoisotopic (exact) mass is 590 g/mol. The van der Waals surface area contributed by atoms with Crippen LogP contribution in [0, 0.1) is 5.92 Å². The van der Waals surface area contributed by atoms with Crippen LogP contribution in [0.3, 0.4) is 0 Å². The summed E-state index contributed by atoms with van der Waals surface area (Å²) in [5, 5.41) is 13.6. The average molecular weight is 591 g/mol. The summed E-state index contributed by atoms with van der Waals surface area (Å²) in [5.41, 5.74) is 2.45. The summed E-state index contributed by atoms with van der Waals surface area (Å²) >= 11 is 1.10. The molecule has 2 aromatic carbocycles. The van der Waals surface area contributed by atoms with Gasteiger partial charge in [0.05, 0.1) is 19.3 Å².